The number of carbonyl (C=O) groups is 1. The smallest absolute Gasteiger partial charge is 0.319 e. The lowest BCUT2D eigenvalue weighted by molar-refractivity contribution is 0.252. The van der Waals surface area contributed by atoms with Crippen LogP contribution in [-0.4, -0.2) is 27.1 Å². The van der Waals surface area contributed by atoms with Crippen molar-refractivity contribution in [3.05, 3.63) is 89.9 Å². The third-order valence-corrected chi connectivity index (χ3v) is 4.58. The fourth-order valence-electron chi connectivity index (χ4n) is 3.17. The molecule has 0 radical (unpaired) electrons. The third kappa shape index (κ3) is 4.43. The number of rotatable bonds is 6. The predicted octanol–water partition coefficient (Wildman–Crippen LogP) is 4.12. The summed E-state index contributed by atoms with van der Waals surface area (Å²) in [7, 11) is 0. The molecule has 30 heavy (non-hydrogen) atoms. The zero-order chi connectivity index (χ0) is 20.9. The molecule has 2 aromatic carbocycles. The summed E-state index contributed by atoms with van der Waals surface area (Å²) in [5.74, 6) is -0.758. The van der Waals surface area contributed by atoms with Crippen LogP contribution in [0.3, 0.4) is 0 Å². The van der Waals surface area contributed by atoms with E-state index in [2.05, 4.69) is 20.6 Å². The van der Waals surface area contributed by atoms with Gasteiger partial charge in [-0.25, -0.2) is 23.5 Å². The lowest BCUT2D eigenvalue weighted by Gasteiger charge is -2.10. The average Bonchev–Trinajstić information content (AvgIpc) is 3.08. The van der Waals surface area contributed by atoms with Crippen molar-refractivity contribution in [2.75, 3.05) is 11.9 Å². The van der Waals surface area contributed by atoms with E-state index >= 15 is 0 Å². The number of nitrogens with zero attached hydrogens (tertiary/aromatic N) is 3. The summed E-state index contributed by atoms with van der Waals surface area (Å²) in [6.07, 6.45) is 2.18. The number of pyridine rings is 1. The molecule has 6 nitrogen and oxygen atoms in total. The van der Waals surface area contributed by atoms with E-state index in [9.17, 15) is 13.6 Å². The molecule has 0 fully saturated rings. The number of hydrogen-bond acceptors (Lipinski definition) is 3. The molecule has 0 spiro atoms. The van der Waals surface area contributed by atoms with E-state index in [4.69, 9.17) is 0 Å². The molecule has 0 saturated carbocycles. The molecule has 0 unspecified atom stereocenters. The topological polar surface area (TPSA) is 71.8 Å². The number of carbonyl (C=O) groups excluding carboxylic acids is 1. The number of benzene rings is 2. The minimum Gasteiger partial charge on any atom is -0.337 e. The van der Waals surface area contributed by atoms with Crippen LogP contribution >= 0.6 is 0 Å². The normalized spacial score (nSPS) is 10.9. The maximum absolute atomic E-state index is 13.7. The number of urea groups is 1. The highest BCUT2D eigenvalue weighted by atomic mass is 19.1. The molecule has 2 aromatic heterocycles. The number of anilines is 1. The van der Waals surface area contributed by atoms with Crippen LogP contribution in [-0.2, 0) is 13.0 Å². The van der Waals surface area contributed by atoms with Gasteiger partial charge in [-0.15, -0.1) is 0 Å². The molecule has 4 rings (SSSR count). The predicted molar refractivity (Wildman–Crippen MR) is 110 cm³/mol. The Morgan fingerprint density at radius 1 is 1.03 bits per heavy atom. The van der Waals surface area contributed by atoms with Gasteiger partial charge in [-0.2, -0.15) is 0 Å². The summed E-state index contributed by atoms with van der Waals surface area (Å²) in [6.45, 7) is 0.892. The van der Waals surface area contributed by atoms with Gasteiger partial charge in [0.15, 0.2) is 5.65 Å². The van der Waals surface area contributed by atoms with Gasteiger partial charge >= 0.3 is 6.03 Å². The molecule has 4 aromatic rings. The Hall–Kier alpha value is -3.81. The largest absolute Gasteiger partial charge is 0.337 e. The van der Waals surface area contributed by atoms with Crippen LogP contribution < -0.4 is 10.6 Å². The standard InChI is InChI=1S/C22H19F2N5O/c23-16-8-9-18(17(24)13-16)28-22(30)26-12-10-20-27-19-7-4-11-25-21(19)29(20)14-15-5-2-1-3-6-15/h1-9,11,13H,10,12,14H2,(H2,26,28,30). The molecule has 0 aliphatic rings. The maximum Gasteiger partial charge on any atom is 0.319 e. The van der Waals surface area contributed by atoms with Crippen molar-refractivity contribution in [3.63, 3.8) is 0 Å². The summed E-state index contributed by atoms with van der Waals surface area (Å²) in [5, 5.41) is 5.05. The highest BCUT2D eigenvalue weighted by molar-refractivity contribution is 5.89. The lowest BCUT2D eigenvalue weighted by atomic mass is 10.2. The van der Waals surface area contributed by atoms with Gasteiger partial charge in [0, 0.05) is 25.2 Å². The monoisotopic (exact) mass is 407 g/mol. The Kier molecular flexibility index (Phi) is 5.65. The first-order chi connectivity index (χ1) is 14.6. The van der Waals surface area contributed by atoms with Gasteiger partial charge in [-0.05, 0) is 29.8 Å². The summed E-state index contributed by atoms with van der Waals surface area (Å²) in [6, 6.07) is 16.1. The van der Waals surface area contributed by atoms with Gasteiger partial charge < -0.3 is 15.2 Å². The second-order valence-electron chi connectivity index (χ2n) is 6.70. The zero-order valence-electron chi connectivity index (χ0n) is 16.0. The molecule has 0 aliphatic carbocycles. The average molecular weight is 407 g/mol. The van der Waals surface area contributed by atoms with Crippen LogP contribution in [0.15, 0.2) is 66.9 Å². The van der Waals surface area contributed by atoms with Gasteiger partial charge in [0.25, 0.3) is 0 Å². The molecule has 0 aliphatic heterocycles. The number of amides is 2. The third-order valence-electron chi connectivity index (χ3n) is 4.58. The number of fused-ring (bicyclic) bond motifs is 1. The lowest BCUT2D eigenvalue weighted by Crippen LogP contribution is -2.31. The number of halogens is 2. The van der Waals surface area contributed by atoms with E-state index < -0.39 is 17.7 Å². The molecular weight excluding hydrogens is 388 g/mol. The van der Waals surface area contributed by atoms with Gasteiger partial charge in [-0.3, -0.25) is 0 Å². The van der Waals surface area contributed by atoms with Crippen molar-refractivity contribution in [2.24, 2.45) is 0 Å². The summed E-state index contributed by atoms with van der Waals surface area (Å²) in [5.41, 5.74) is 2.58. The quantitative estimate of drug-likeness (QED) is 0.505. The van der Waals surface area contributed by atoms with Crippen LogP contribution in [0.5, 0.6) is 0 Å². The van der Waals surface area contributed by atoms with Crippen LogP contribution in [0, 0.1) is 11.6 Å². The molecule has 2 heterocycles. The van der Waals surface area contributed by atoms with Crippen molar-refractivity contribution in [2.45, 2.75) is 13.0 Å². The summed E-state index contributed by atoms with van der Waals surface area (Å²) >= 11 is 0. The van der Waals surface area contributed by atoms with Crippen molar-refractivity contribution in [1.29, 1.82) is 0 Å². The Morgan fingerprint density at radius 3 is 2.67 bits per heavy atom. The number of hydrogen-bond donors (Lipinski definition) is 2. The highest BCUT2D eigenvalue weighted by Crippen LogP contribution is 2.17. The Labute approximate surface area is 171 Å². The molecule has 0 bridgehead atoms. The van der Waals surface area contributed by atoms with Gasteiger partial charge in [-0.1, -0.05) is 30.3 Å². The van der Waals surface area contributed by atoms with Crippen LogP contribution in [0.25, 0.3) is 11.2 Å². The molecule has 2 N–H and O–H groups in total. The minimum atomic E-state index is -0.833. The van der Waals surface area contributed by atoms with E-state index in [0.29, 0.717) is 19.0 Å². The van der Waals surface area contributed by atoms with Crippen LogP contribution in [0.2, 0.25) is 0 Å². The van der Waals surface area contributed by atoms with E-state index in [1.807, 2.05) is 47.0 Å². The molecule has 8 heteroatoms. The SMILES string of the molecule is O=C(NCCc1nc2cccnc2n1Cc1ccccc1)Nc1ccc(F)cc1F. The van der Waals surface area contributed by atoms with Gasteiger partial charge in [0.1, 0.15) is 23.0 Å². The Bertz CT molecular complexity index is 1180. The van der Waals surface area contributed by atoms with Crippen molar-refractivity contribution in [1.82, 2.24) is 19.9 Å². The van der Waals surface area contributed by atoms with E-state index in [0.717, 1.165) is 28.6 Å². The fraction of sp³-hybridized carbons (Fsp3) is 0.136. The van der Waals surface area contributed by atoms with Gasteiger partial charge in [0.2, 0.25) is 0 Å². The zero-order valence-corrected chi connectivity index (χ0v) is 16.0. The Morgan fingerprint density at radius 2 is 1.87 bits per heavy atom. The van der Waals surface area contributed by atoms with E-state index in [-0.39, 0.29) is 12.2 Å². The molecular formula is C22H19F2N5O. The van der Waals surface area contributed by atoms with Gasteiger partial charge in [0.05, 0.1) is 12.2 Å². The van der Waals surface area contributed by atoms with Crippen molar-refractivity contribution >= 4 is 22.9 Å². The maximum atomic E-state index is 13.7. The second kappa shape index (κ2) is 8.69. The van der Waals surface area contributed by atoms with Crippen molar-refractivity contribution < 1.29 is 13.6 Å². The van der Waals surface area contributed by atoms with Crippen molar-refractivity contribution in [3.8, 4) is 0 Å². The first kappa shape index (κ1) is 19.5. The molecule has 0 atom stereocenters. The molecule has 152 valence electrons. The minimum absolute atomic E-state index is 0.0885. The second-order valence-corrected chi connectivity index (χ2v) is 6.70. The number of aromatic nitrogens is 3. The highest BCUT2D eigenvalue weighted by Gasteiger charge is 2.13. The fourth-order valence-corrected chi connectivity index (χ4v) is 3.17. The summed E-state index contributed by atoms with van der Waals surface area (Å²) < 4.78 is 28.7. The first-order valence-electron chi connectivity index (χ1n) is 9.44. The van der Waals surface area contributed by atoms with E-state index in [1.54, 1.807) is 6.20 Å². The number of nitrogens with one attached hydrogen (secondary N) is 2. The van der Waals surface area contributed by atoms with E-state index in [1.165, 1.54) is 6.07 Å². The van der Waals surface area contributed by atoms with Crippen LogP contribution in [0.1, 0.15) is 11.4 Å². The van der Waals surface area contributed by atoms with Crippen LogP contribution in [0.4, 0.5) is 19.3 Å². The Balaban J connectivity index is 1.44. The number of imidazole rings is 1. The first-order valence-corrected chi connectivity index (χ1v) is 9.44. The molecule has 0 saturated heterocycles. The summed E-state index contributed by atoms with van der Waals surface area (Å²) in [4.78, 5) is 21.1. The molecule has 2 amide bonds.